The number of hydrogen-bond donors (Lipinski definition) is 7. The van der Waals surface area contributed by atoms with Crippen molar-refractivity contribution in [2.75, 3.05) is 218 Å². The Hall–Kier alpha value is -10.1. The maximum absolute atomic E-state index is 6.31. The number of hydrogen-bond acceptors (Lipinski definition) is 16. The molecule has 0 spiro atoms. The van der Waals surface area contributed by atoms with Crippen LogP contribution in [0.2, 0.25) is 0 Å². The fourth-order valence-electron chi connectivity index (χ4n) is 16.6. The lowest BCUT2D eigenvalue weighted by molar-refractivity contribution is -0.949. The first-order valence-corrected chi connectivity index (χ1v) is 45.7. The van der Waals surface area contributed by atoms with Crippen molar-refractivity contribution in [2.45, 2.75) is 190 Å². The Labute approximate surface area is 790 Å². The summed E-state index contributed by atoms with van der Waals surface area (Å²) in [4.78, 5) is 0. The van der Waals surface area contributed by atoms with E-state index in [1.54, 1.807) is 0 Å². The van der Waals surface area contributed by atoms with Crippen LogP contribution in [0.3, 0.4) is 0 Å². The van der Waals surface area contributed by atoms with Crippen LogP contribution in [0.4, 0.5) is 39.9 Å². The minimum atomic E-state index is 0. The minimum absolute atomic E-state index is 0. The van der Waals surface area contributed by atoms with Crippen LogP contribution >= 0.6 is 0 Å². The first kappa shape index (κ1) is 113. The molecule has 12 aromatic rings. The van der Waals surface area contributed by atoms with E-state index in [-0.39, 0.29) is 44.6 Å². The predicted molar refractivity (Wildman–Crippen MR) is 557 cm³/mol. The number of quaternary nitrogens is 6. The van der Waals surface area contributed by atoms with Crippen LogP contribution in [0.25, 0.3) is 33.1 Å². The molecule has 0 bridgehead atoms. The summed E-state index contributed by atoms with van der Waals surface area (Å²) in [6.07, 6.45) is 19.1. The molecule has 0 saturated heterocycles. The Bertz CT molecular complexity index is 5390. The molecule has 12 aromatic heterocycles. The largest absolute Gasteiger partial charge is 0.475 e. The molecule has 0 aromatic carbocycles. The molecule has 131 heavy (non-hydrogen) atoms. The van der Waals surface area contributed by atoms with Crippen LogP contribution in [-0.4, -0.2) is 275 Å². The van der Waals surface area contributed by atoms with E-state index in [1.807, 2.05) is 50.1 Å². The van der Waals surface area contributed by atoms with E-state index in [1.165, 1.54) is 95.5 Å². The van der Waals surface area contributed by atoms with Gasteiger partial charge in [-0.1, -0.05) is 36.4 Å². The molecule has 13 N–H and O–H groups in total. The van der Waals surface area contributed by atoms with Gasteiger partial charge in [-0.3, -0.25) is 0 Å². The molecule has 28 nitrogen and oxygen atoms in total. The molecule has 12 heterocycles. The van der Waals surface area contributed by atoms with Gasteiger partial charge >= 0.3 is 0 Å². The van der Waals surface area contributed by atoms with Crippen molar-refractivity contribution >= 4 is 73.0 Å². The maximum atomic E-state index is 6.31. The van der Waals surface area contributed by atoms with Gasteiger partial charge in [0, 0.05) is 66.4 Å². The molecule has 15 rings (SSSR count). The van der Waals surface area contributed by atoms with Crippen LogP contribution in [0.1, 0.15) is 164 Å². The lowest BCUT2D eigenvalue weighted by Crippen LogP contribution is -2.56. The zero-order chi connectivity index (χ0) is 91.6. The summed E-state index contributed by atoms with van der Waals surface area (Å²) < 4.78 is 35.2. The smallest absolute Gasteiger partial charge is 0.257 e. The summed E-state index contributed by atoms with van der Waals surface area (Å²) >= 11 is 0. The summed E-state index contributed by atoms with van der Waals surface area (Å²) in [5.74, 6) is 2.45. The monoisotopic (exact) mass is 1810 g/mol. The van der Waals surface area contributed by atoms with Gasteiger partial charge in [-0.15, -0.1) is 20.4 Å². The Kier molecular flexibility index (Phi) is 41.1. The maximum Gasteiger partial charge on any atom is 0.257 e. The lowest BCUT2D eigenvalue weighted by atomic mass is 10.1. The Morgan fingerprint density at radius 2 is 0.603 bits per heavy atom. The topological polar surface area (TPSA) is 300 Å². The molecule has 732 valence electrons. The number of rotatable bonds is 30. The second-order valence-electron chi connectivity index (χ2n) is 41.1. The van der Waals surface area contributed by atoms with Crippen molar-refractivity contribution in [1.82, 2.24) is 57.7 Å². The highest BCUT2D eigenvalue weighted by Gasteiger charge is 2.31. The van der Waals surface area contributed by atoms with Crippen LogP contribution in [-0.2, 0) is 51.4 Å². The van der Waals surface area contributed by atoms with E-state index in [0.29, 0.717) is 66.6 Å². The minimum Gasteiger partial charge on any atom is -0.475 e. The van der Waals surface area contributed by atoms with Gasteiger partial charge in [0.1, 0.15) is 35.9 Å². The summed E-state index contributed by atoms with van der Waals surface area (Å²) in [7, 11) is 35.3. The SMILES string of the molecule is C[N+](C)(C)CCCCc1nn2c3c(ccc2c1N)CCC3.C[N+](C)(C)CCCOc1nn2c3c(ccc2c1N)CCC3.C[N+](C)(C)CCCc1nn2c3c(ccc2c1N)CCC3.Cc1ccc2c(N)c(NCCC[N+](C)(C)C)nn2c1C.Cc1ccc2c(N)c(OCCC[N+](C)(C)C)nn2c1C.Cc1ccc2c(N)c(OCC[N+](C)(C(C)C)C(C)C)nn2c1C.[CH3-].[CH3-].[CH3-].[CH3-].[CH3-].[CH3-]. The fourth-order valence-corrected chi connectivity index (χ4v) is 16.6. The molecule has 0 radical (unpaired) electrons. The number of aromatic nitrogens is 12. The average Bonchev–Trinajstić information content (AvgIpc) is 1.65. The molecule has 0 amide bonds. The molecule has 0 unspecified atom stereocenters. The van der Waals surface area contributed by atoms with E-state index >= 15 is 0 Å². The highest BCUT2D eigenvalue weighted by molar-refractivity contribution is 5.82. The van der Waals surface area contributed by atoms with E-state index in [2.05, 4.69) is 257 Å². The van der Waals surface area contributed by atoms with Gasteiger partial charge in [-0.2, -0.15) is 10.2 Å². The predicted octanol–water partition coefficient (Wildman–Crippen LogP) is 16.3. The number of nitrogens with two attached hydrogens (primary N) is 6. The molecule has 0 aliphatic heterocycles. The highest BCUT2D eigenvalue weighted by atomic mass is 16.5. The number of fused-ring (bicyclic) bond motifs is 12. The van der Waals surface area contributed by atoms with Crippen LogP contribution < -0.4 is 53.9 Å². The van der Waals surface area contributed by atoms with Gasteiger partial charge < -0.3 is 125 Å². The number of nitrogens with zero attached hydrogens (tertiary/aromatic N) is 18. The first-order chi connectivity index (χ1) is 58.6. The molecular weight excluding hydrogens is 1640 g/mol. The standard InChI is InChI=1S/C18H31N4O.C17H27N4.C16H25N4O.C16H25N4.C15H26N5.C15H25N4O.6CH3/c1-12(2)22(7,13(3)4)10-11-23-18-17(19)16-9-8-14(5)15(6)21(16)20-18;1-21(2,3)12-5-4-8-14-17(18)16-11-10-13-7-6-9-15(13)20(16)19-14;1-20(2,3)10-5-11-21-16-15(17)14-9-8-12-6-4-7-13(12)19(14)18-16;1-20(2,3)11-5-7-13-16(17)15-10-9-12-6-4-8-14(12)19(15)18-13;1-11-7-8-13-14(16)15(18-19(13)12(11)2)17-9-6-10-20(3,4)5;1-11-7-8-13-14(16)15(17-18(13)12(11)2)20-10-6-9-19(3,4)5;;;;;;/h8-9,12-13H,10-11,19H2,1-7H3;10-11H,4-9,12,18H2,1-3H3;8-9H,4-7,10-11,17H2,1-3H3;9-10H,4-8,11,17H2,1-3H3;7-8H,6,9-10,16H2,1-5H3,(H,17,18);7-8H,6,9-10,16H2,1-5H3;6*1H3/q6*+1;6*-1. The summed E-state index contributed by atoms with van der Waals surface area (Å²) in [6.45, 7) is 30.7. The normalized spacial score (nSPS) is 12.9. The number of ether oxygens (including phenoxy) is 3. The Balaban J connectivity index is 0.000000326. The third-order valence-electron chi connectivity index (χ3n) is 25.4. The number of aryl methyl sites for hydroxylation is 14. The van der Waals surface area contributed by atoms with Crippen molar-refractivity contribution in [3.8, 4) is 17.6 Å². The Morgan fingerprint density at radius 3 is 0.969 bits per heavy atom. The van der Waals surface area contributed by atoms with Crippen molar-refractivity contribution in [1.29, 1.82) is 0 Å². The van der Waals surface area contributed by atoms with E-state index in [0.717, 1.165) is 221 Å². The number of nitrogen functional groups attached to an aromatic ring is 6. The van der Waals surface area contributed by atoms with Gasteiger partial charge in [0.15, 0.2) is 5.82 Å². The number of pyridine rings is 6. The fraction of sp³-hybridized carbons (Fsp3) is 0.534. The van der Waals surface area contributed by atoms with Crippen molar-refractivity contribution in [2.24, 2.45) is 0 Å². The average molecular weight is 1810 g/mol. The van der Waals surface area contributed by atoms with Gasteiger partial charge in [0.05, 0.1) is 227 Å². The molecule has 0 saturated carbocycles. The third kappa shape index (κ3) is 29.0. The molecule has 3 aliphatic rings. The molecule has 28 heteroatoms. The van der Waals surface area contributed by atoms with Gasteiger partial charge in [-0.25, -0.2) is 27.1 Å². The van der Waals surface area contributed by atoms with Crippen LogP contribution in [0.15, 0.2) is 72.8 Å². The zero-order valence-corrected chi connectivity index (χ0v) is 87.4. The van der Waals surface area contributed by atoms with E-state index in [9.17, 15) is 0 Å². The number of anilines is 7. The summed E-state index contributed by atoms with van der Waals surface area (Å²) in [5, 5.41) is 31.1. The second kappa shape index (κ2) is 47.5. The van der Waals surface area contributed by atoms with Gasteiger partial charge in [0.2, 0.25) is 0 Å². The lowest BCUT2D eigenvalue weighted by Gasteiger charge is -2.42. The van der Waals surface area contributed by atoms with E-state index in [4.69, 9.17) is 58.8 Å². The Morgan fingerprint density at radius 1 is 0.313 bits per heavy atom. The van der Waals surface area contributed by atoms with Crippen molar-refractivity contribution in [3.63, 3.8) is 0 Å². The van der Waals surface area contributed by atoms with E-state index < -0.39 is 0 Å². The zero-order valence-electron chi connectivity index (χ0n) is 87.4. The van der Waals surface area contributed by atoms with Crippen molar-refractivity contribution < 1.29 is 41.1 Å². The molecule has 0 fully saturated rings. The molecule has 0 atom stereocenters. The highest BCUT2D eigenvalue weighted by Crippen LogP contribution is 2.35. The van der Waals surface area contributed by atoms with Gasteiger partial charge in [0.25, 0.3) is 17.6 Å². The molecule has 3 aliphatic carbocycles. The number of likely N-dealkylation sites (N-methyl/N-ethyl adjacent to an activating group) is 1. The molecular formula is C103H177N25O3. The quantitative estimate of drug-likeness (QED) is 0.0125. The van der Waals surface area contributed by atoms with Crippen molar-refractivity contribution in [3.05, 3.63) is 196 Å². The summed E-state index contributed by atoms with van der Waals surface area (Å²) in [5.41, 5.74) is 65.0. The second-order valence-corrected chi connectivity index (χ2v) is 41.1. The van der Waals surface area contributed by atoms with Gasteiger partial charge in [-0.05, 0) is 222 Å². The third-order valence-corrected chi connectivity index (χ3v) is 25.4. The first-order valence-electron chi connectivity index (χ1n) is 45.7. The number of unbranched alkanes of at least 4 members (excludes halogenated alkanes) is 1. The van der Waals surface area contributed by atoms with Crippen LogP contribution in [0, 0.1) is 86.1 Å². The number of nitrogens with one attached hydrogen (secondary N) is 1. The van der Waals surface area contributed by atoms with Crippen LogP contribution in [0.5, 0.6) is 17.6 Å². The summed E-state index contributed by atoms with van der Waals surface area (Å²) in [6, 6.07) is 26.3.